The lowest BCUT2D eigenvalue weighted by molar-refractivity contribution is -0.662. The fourth-order valence-electron chi connectivity index (χ4n) is 1.48. The Morgan fingerprint density at radius 1 is 1.12 bits per heavy atom. The third kappa shape index (κ3) is 6.11. The van der Waals surface area contributed by atoms with Gasteiger partial charge in [0, 0.05) is 0 Å². The second-order valence-corrected chi connectivity index (χ2v) is 4.57. The van der Waals surface area contributed by atoms with Crippen molar-refractivity contribution in [2.75, 3.05) is 0 Å². The summed E-state index contributed by atoms with van der Waals surface area (Å²) in [7, 11) is 1.59. The second kappa shape index (κ2) is 7.89. The number of aliphatic imine (C=N–C) groups is 1. The Balaban J connectivity index is 0.000000412. The van der Waals surface area contributed by atoms with Crippen molar-refractivity contribution < 1.29 is 50.3 Å². The highest BCUT2D eigenvalue weighted by molar-refractivity contribution is 5.79. The fraction of sp³-hybridized carbons (Fsp3) is 0.214. The van der Waals surface area contributed by atoms with E-state index in [1.807, 2.05) is 0 Å². The predicted octanol–water partition coefficient (Wildman–Crippen LogP) is 2.36. The van der Waals surface area contributed by atoms with Crippen molar-refractivity contribution in [3.63, 3.8) is 0 Å². The third-order valence-corrected chi connectivity index (χ3v) is 2.54. The van der Waals surface area contributed by atoms with Crippen LogP contribution in [0, 0.1) is 0 Å². The van der Waals surface area contributed by atoms with E-state index in [0.717, 1.165) is 0 Å². The predicted molar refractivity (Wildman–Crippen MR) is 72.2 cm³/mol. The molecule has 0 aliphatic rings. The van der Waals surface area contributed by atoms with E-state index in [0.29, 0.717) is 11.5 Å². The quantitative estimate of drug-likeness (QED) is 0.373. The van der Waals surface area contributed by atoms with Crippen LogP contribution in [0.1, 0.15) is 0 Å². The number of carboxylic acid groups (broad SMARTS) is 1. The number of benzene rings is 1. The van der Waals surface area contributed by atoms with Crippen molar-refractivity contribution >= 4 is 17.8 Å². The second-order valence-electron chi connectivity index (χ2n) is 4.57. The van der Waals surface area contributed by atoms with Crippen LogP contribution in [0.15, 0.2) is 45.9 Å². The highest BCUT2D eigenvalue weighted by atomic mass is 19.4. The van der Waals surface area contributed by atoms with E-state index in [4.69, 9.17) is 14.3 Å². The third-order valence-electron chi connectivity index (χ3n) is 2.54. The first-order valence-electron chi connectivity index (χ1n) is 6.50. The highest BCUT2D eigenvalue weighted by Crippen LogP contribution is 2.23. The lowest BCUT2D eigenvalue weighted by Crippen LogP contribution is -2.34. The van der Waals surface area contributed by atoms with Crippen LogP contribution in [-0.4, -0.2) is 29.3 Å². The zero-order valence-electron chi connectivity index (χ0n) is 12.8. The van der Waals surface area contributed by atoms with Crippen molar-refractivity contribution in [3.05, 3.63) is 36.5 Å². The molecule has 0 fully saturated rings. The minimum atomic E-state index is -5.08. The molecule has 0 unspecified atom stereocenters. The summed E-state index contributed by atoms with van der Waals surface area (Å²) in [6, 6.07) is 8.78. The van der Waals surface area contributed by atoms with E-state index in [9.17, 15) is 31.4 Å². The molecule has 0 saturated carbocycles. The SMILES string of the molecule is C[n+]1cc(/N=C(/[O-])C(F)(F)F)oc1-c1ccccc1.O=C(O)C(F)(F)F. The van der Waals surface area contributed by atoms with Gasteiger partial charge in [-0.3, -0.25) is 0 Å². The van der Waals surface area contributed by atoms with E-state index in [2.05, 4.69) is 4.99 Å². The maximum atomic E-state index is 12.1. The molecule has 0 aliphatic carbocycles. The standard InChI is InChI=1S/C12H9F3N2O2.C2HF3O2/c1-17-7-9(16-11(18)12(13,14)15)19-10(17)8-5-3-2-4-6-8;3-2(4,5)1(6)7/h2-7H,1H3;(H,6,7). The van der Waals surface area contributed by atoms with E-state index in [1.54, 1.807) is 37.4 Å². The van der Waals surface area contributed by atoms with Gasteiger partial charge in [0.1, 0.15) is 7.05 Å². The van der Waals surface area contributed by atoms with E-state index < -0.39 is 24.2 Å². The number of carboxylic acids is 1. The topological polar surface area (TPSA) is 89.7 Å². The molecule has 1 heterocycles. The molecule has 1 aromatic carbocycles. The number of halogens is 6. The summed E-state index contributed by atoms with van der Waals surface area (Å²) in [4.78, 5) is 11.8. The molecule has 1 N–H and O–H groups in total. The smallest absolute Gasteiger partial charge is 0.490 e. The fourth-order valence-corrected chi connectivity index (χ4v) is 1.48. The molecule has 0 aliphatic heterocycles. The molecular weight excluding hydrogens is 374 g/mol. The first kappa shape index (κ1) is 21.0. The summed E-state index contributed by atoms with van der Waals surface area (Å²) in [5.41, 5.74) is 0.672. The number of hydrogen-bond donors (Lipinski definition) is 1. The van der Waals surface area contributed by atoms with Crippen molar-refractivity contribution in [1.29, 1.82) is 0 Å². The maximum absolute atomic E-state index is 12.1. The lowest BCUT2D eigenvalue weighted by atomic mass is 10.2. The van der Waals surface area contributed by atoms with Crippen LogP contribution in [0.5, 0.6) is 0 Å². The number of aliphatic carboxylic acids is 1. The Morgan fingerprint density at radius 2 is 1.62 bits per heavy atom. The molecule has 6 nitrogen and oxygen atoms in total. The Labute approximate surface area is 141 Å². The number of rotatable bonds is 2. The number of oxazole rings is 1. The van der Waals surface area contributed by atoms with Crippen LogP contribution in [0.3, 0.4) is 0 Å². The number of carbonyl (C=O) groups is 1. The summed E-state index contributed by atoms with van der Waals surface area (Å²) < 4.78 is 74.6. The minimum absolute atomic E-state index is 0.314. The number of nitrogens with zero attached hydrogens (tertiary/aromatic N) is 2. The van der Waals surface area contributed by atoms with E-state index >= 15 is 0 Å². The highest BCUT2D eigenvalue weighted by Gasteiger charge is 2.38. The van der Waals surface area contributed by atoms with Crippen molar-refractivity contribution in [2.45, 2.75) is 12.4 Å². The average molecular weight is 384 g/mol. The van der Waals surface area contributed by atoms with Gasteiger partial charge in [-0.1, -0.05) is 18.2 Å². The van der Waals surface area contributed by atoms with Crippen LogP contribution in [0.4, 0.5) is 32.2 Å². The van der Waals surface area contributed by atoms with Gasteiger partial charge >= 0.3 is 24.2 Å². The molecular formula is C14H10F6N2O4. The molecule has 0 radical (unpaired) electrons. The molecule has 12 heteroatoms. The summed E-state index contributed by atoms with van der Waals surface area (Å²) >= 11 is 0. The van der Waals surface area contributed by atoms with Gasteiger partial charge in [-0.2, -0.15) is 30.9 Å². The summed E-state index contributed by atoms with van der Waals surface area (Å²) in [5, 5.41) is 17.9. The monoisotopic (exact) mass is 384 g/mol. The Kier molecular flexibility index (Phi) is 6.37. The van der Waals surface area contributed by atoms with Crippen LogP contribution < -0.4 is 9.67 Å². The zero-order chi connectivity index (χ0) is 20.1. The van der Waals surface area contributed by atoms with Gasteiger partial charge < -0.3 is 14.6 Å². The molecule has 2 rings (SSSR count). The van der Waals surface area contributed by atoms with Crippen molar-refractivity contribution in [2.24, 2.45) is 12.0 Å². The number of aryl methyl sites for hydroxylation is 1. The molecule has 0 amide bonds. The molecule has 26 heavy (non-hydrogen) atoms. The normalized spacial score (nSPS) is 12.3. The van der Waals surface area contributed by atoms with Gasteiger partial charge in [-0.25, -0.2) is 9.79 Å². The first-order chi connectivity index (χ1) is 11.8. The number of hydrogen-bond acceptors (Lipinski definition) is 4. The molecule has 1 aromatic heterocycles. The van der Waals surface area contributed by atoms with Crippen molar-refractivity contribution in [3.8, 4) is 11.5 Å². The van der Waals surface area contributed by atoms with Gasteiger partial charge in [0.2, 0.25) is 6.20 Å². The van der Waals surface area contributed by atoms with Crippen LogP contribution in [-0.2, 0) is 11.8 Å². The van der Waals surface area contributed by atoms with Gasteiger partial charge in [0.05, 0.1) is 11.5 Å². The molecule has 0 bridgehead atoms. The van der Waals surface area contributed by atoms with Gasteiger partial charge in [0.25, 0.3) is 5.88 Å². The first-order valence-corrected chi connectivity index (χ1v) is 6.50. The number of aromatic nitrogens is 1. The van der Waals surface area contributed by atoms with Crippen LogP contribution in [0.2, 0.25) is 0 Å². The Morgan fingerprint density at radius 3 is 2.04 bits per heavy atom. The van der Waals surface area contributed by atoms with E-state index in [-0.39, 0.29) is 5.88 Å². The van der Waals surface area contributed by atoms with Crippen molar-refractivity contribution in [1.82, 2.24) is 0 Å². The lowest BCUT2D eigenvalue weighted by Gasteiger charge is -2.11. The molecule has 0 atom stereocenters. The summed E-state index contributed by atoms with van der Waals surface area (Å²) in [6.45, 7) is 0. The van der Waals surface area contributed by atoms with Gasteiger partial charge in [-0.15, -0.1) is 0 Å². The van der Waals surface area contributed by atoms with Gasteiger partial charge in [-0.05, 0) is 12.1 Å². The van der Waals surface area contributed by atoms with Crippen LogP contribution >= 0.6 is 0 Å². The average Bonchev–Trinajstić information content (AvgIpc) is 2.87. The molecule has 142 valence electrons. The van der Waals surface area contributed by atoms with E-state index in [1.165, 1.54) is 10.8 Å². The summed E-state index contributed by atoms with van der Waals surface area (Å²) in [6.07, 6.45) is -8.87. The zero-order valence-corrected chi connectivity index (χ0v) is 12.8. The molecule has 0 spiro atoms. The minimum Gasteiger partial charge on any atom is -0.855 e. The number of alkyl halides is 6. The molecule has 2 aromatic rings. The Bertz CT molecular complexity index is 781. The van der Waals surface area contributed by atoms with Crippen LogP contribution in [0.25, 0.3) is 11.5 Å². The van der Waals surface area contributed by atoms with Gasteiger partial charge in [0.15, 0.2) is 0 Å². The summed E-state index contributed by atoms with van der Waals surface area (Å²) in [5.74, 6) is -5.02. The Hall–Kier alpha value is -3.05. The largest absolute Gasteiger partial charge is 0.855 e. The molecule has 0 saturated heterocycles. The maximum Gasteiger partial charge on any atom is 0.490 e.